The Kier molecular flexibility index (Phi) is 4.84. The zero-order chi connectivity index (χ0) is 7.28. The molecule has 1 rings (SSSR count). The van der Waals surface area contributed by atoms with E-state index in [1.165, 1.54) is 19.3 Å². The zero-order valence-corrected chi connectivity index (χ0v) is 7.28. The molecule has 0 saturated heterocycles. The van der Waals surface area contributed by atoms with Crippen molar-refractivity contribution in [3.63, 3.8) is 0 Å². The van der Waals surface area contributed by atoms with E-state index < -0.39 is 0 Å². The second kappa shape index (κ2) is 4.84. The molecule has 0 unspecified atom stereocenters. The second-order valence-electron chi connectivity index (χ2n) is 3.02. The van der Waals surface area contributed by atoms with Gasteiger partial charge in [-0.1, -0.05) is 40.5 Å². The summed E-state index contributed by atoms with van der Waals surface area (Å²) in [6, 6.07) is 0. The van der Waals surface area contributed by atoms with Gasteiger partial charge in [0.05, 0.1) is 0 Å². The van der Waals surface area contributed by atoms with Gasteiger partial charge in [-0.3, -0.25) is 0 Å². The predicted octanol–water partition coefficient (Wildman–Crippen LogP) is 3.47. The fraction of sp³-hybridized carbons (Fsp3) is 1.00. The molecule has 0 spiro atoms. The third kappa shape index (κ3) is 3.56. The van der Waals surface area contributed by atoms with Gasteiger partial charge in [0.15, 0.2) is 0 Å². The average molecular weight is 128 g/mol. The van der Waals surface area contributed by atoms with Crippen molar-refractivity contribution in [3.05, 3.63) is 0 Å². The highest BCUT2D eigenvalue weighted by atomic mass is 14.2. The normalized spacial score (nSPS) is 33.3. The Morgan fingerprint density at radius 1 is 0.889 bits per heavy atom. The molecule has 0 nitrogen and oxygen atoms in total. The van der Waals surface area contributed by atoms with Crippen LogP contribution in [0.1, 0.15) is 47.0 Å². The van der Waals surface area contributed by atoms with Gasteiger partial charge in [-0.25, -0.2) is 0 Å². The highest BCUT2D eigenvalue weighted by molar-refractivity contribution is 4.68. The predicted molar refractivity (Wildman–Crippen MR) is 43.5 cm³/mol. The summed E-state index contributed by atoms with van der Waals surface area (Å²) in [4.78, 5) is 0. The Morgan fingerprint density at radius 2 is 1.22 bits per heavy atom. The molecular weight excluding hydrogens is 108 g/mol. The van der Waals surface area contributed by atoms with Crippen molar-refractivity contribution < 1.29 is 0 Å². The molecule has 1 saturated carbocycles. The number of rotatable bonds is 0. The molecule has 2 atom stereocenters. The summed E-state index contributed by atoms with van der Waals surface area (Å²) in [6.07, 6.45) is 4.42. The molecule has 0 N–H and O–H groups in total. The maximum absolute atomic E-state index is 2.35. The Labute approximate surface area is 59.7 Å². The molecule has 56 valence electrons. The Bertz CT molecular complexity index is 49.1. The van der Waals surface area contributed by atoms with Crippen LogP contribution in [0.3, 0.4) is 0 Å². The van der Waals surface area contributed by atoms with Gasteiger partial charge in [0.25, 0.3) is 0 Å². The van der Waals surface area contributed by atoms with Crippen molar-refractivity contribution in [2.75, 3.05) is 0 Å². The first-order chi connectivity index (χ1) is 4.29. The Balaban J connectivity index is 0.000000291. The van der Waals surface area contributed by atoms with E-state index in [0.29, 0.717) is 0 Å². The van der Waals surface area contributed by atoms with Crippen molar-refractivity contribution in [2.45, 2.75) is 47.0 Å². The lowest BCUT2D eigenvalue weighted by molar-refractivity contribution is 0.555. The molecule has 0 aromatic carbocycles. The van der Waals surface area contributed by atoms with Crippen LogP contribution in [-0.2, 0) is 0 Å². The van der Waals surface area contributed by atoms with E-state index in [-0.39, 0.29) is 0 Å². The molecule has 1 aliphatic rings. The summed E-state index contributed by atoms with van der Waals surface area (Å²) >= 11 is 0. The van der Waals surface area contributed by atoms with Crippen LogP contribution in [0.5, 0.6) is 0 Å². The van der Waals surface area contributed by atoms with E-state index in [0.717, 1.165) is 11.8 Å². The van der Waals surface area contributed by atoms with Gasteiger partial charge < -0.3 is 0 Å². The summed E-state index contributed by atoms with van der Waals surface area (Å²) in [6.45, 7) is 8.70. The van der Waals surface area contributed by atoms with E-state index in [1.807, 2.05) is 13.8 Å². The lowest BCUT2D eigenvalue weighted by Gasteiger charge is -1.96. The monoisotopic (exact) mass is 128 g/mol. The van der Waals surface area contributed by atoms with Crippen LogP contribution in [0.2, 0.25) is 0 Å². The van der Waals surface area contributed by atoms with Crippen LogP contribution < -0.4 is 0 Å². The lowest BCUT2D eigenvalue weighted by atomic mass is 10.1. The largest absolute Gasteiger partial charge is 0.0683 e. The van der Waals surface area contributed by atoms with Crippen molar-refractivity contribution in [1.82, 2.24) is 0 Å². The maximum atomic E-state index is 2.35. The highest BCUT2D eigenvalue weighted by Gasteiger charge is 2.15. The first-order valence-corrected chi connectivity index (χ1v) is 4.29. The van der Waals surface area contributed by atoms with E-state index in [4.69, 9.17) is 0 Å². The maximum Gasteiger partial charge on any atom is -0.0440 e. The summed E-state index contributed by atoms with van der Waals surface area (Å²) < 4.78 is 0. The van der Waals surface area contributed by atoms with E-state index in [1.54, 1.807) is 0 Å². The molecule has 0 heteroatoms. The molecule has 1 fully saturated rings. The van der Waals surface area contributed by atoms with E-state index in [9.17, 15) is 0 Å². The van der Waals surface area contributed by atoms with Gasteiger partial charge >= 0.3 is 0 Å². The molecule has 0 aromatic rings. The minimum atomic E-state index is 1.02. The quantitative estimate of drug-likeness (QED) is 0.468. The first-order valence-electron chi connectivity index (χ1n) is 4.29. The molecule has 0 bridgehead atoms. The van der Waals surface area contributed by atoms with Crippen LogP contribution in [0.25, 0.3) is 0 Å². The average Bonchev–Trinajstić information content (AvgIpc) is 2.20. The number of hydrogen-bond acceptors (Lipinski definition) is 0. The molecule has 0 aromatic heterocycles. The second-order valence-corrected chi connectivity index (χ2v) is 3.02. The first kappa shape index (κ1) is 9.00. The van der Waals surface area contributed by atoms with Gasteiger partial charge in [0.1, 0.15) is 0 Å². The van der Waals surface area contributed by atoms with Crippen LogP contribution >= 0.6 is 0 Å². The van der Waals surface area contributed by atoms with Crippen molar-refractivity contribution >= 4 is 0 Å². The fourth-order valence-corrected chi connectivity index (χ4v) is 1.49. The summed E-state index contributed by atoms with van der Waals surface area (Å²) in [5.74, 6) is 2.05. The SMILES string of the molecule is CC.C[C@@H]1CC[C@H](C)C1. The molecule has 0 radical (unpaired) electrons. The molecular formula is C9H20. The van der Waals surface area contributed by atoms with Crippen LogP contribution in [-0.4, -0.2) is 0 Å². The summed E-state index contributed by atoms with van der Waals surface area (Å²) in [7, 11) is 0. The van der Waals surface area contributed by atoms with Crippen LogP contribution in [0.15, 0.2) is 0 Å². The van der Waals surface area contributed by atoms with Crippen LogP contribution in [0, 0.1) is 11.8 Å². The van der Waals surface area contributed by atoms with Crippen molar-refractivity contribution in [3.8, 4) is 0 Å². The van der Waals surface area contributed by atoms with Gasteiger partial charge in [-0.2, -0.15) is 0 Å². The molecule has 0 aliphatic heterocycles. The van der Waals surface area contributed by atoms with Crippen molar-refractivity contribution in [1.29, 1.82) is 0 Å². The van der Waals surface area contributed by atoms with Crippen molar-refractivity contribution in [2.24, 2.45) is 11.8 Å². The minimum absolute atomic E-state index is 1.02. The Morgan fingerprint density at radius 3 is 1.33 bits per heavy atom. The van der Waals surface area contributed by atoms with E-state index in [2.05, 4.69) is 13.8 Å². The van der Waals surface area contributed by atoms with E-state index >= 15 is 0 Å². The molecule has 1 aliphatic carbocycles. The summed E-state index contributed by atoms with van der Waals surface area (Å²) in [5, 5.41) is 0. The topological polar surface area (TPSA) is 0 Å². The smallest absolute Gasteiger partial charge is 0.0440 e. The molecule has 9 heavy (non-hydrogen) atoms. The van der Waals surface area contributed by atoms with Gasteiger partial charge in [0.2, 0.25) is 0 Å². The van der Waals surface area contributed by atoms with Gasteiger partial charge in [-0.05, 0) is 18.3 Å². The minimum Gasteiger partial charge on any atom is -0.0683 e. The fourth-order valence-electron chi connectivity index (χ4n) is 1.49. The zero-order valence-electron chi connectivity index (χ0n) is 7.28. The van der Waals surface area contributed by atoms with Crippen LogP contribution in [0.4, 0.5) is 0 Å². The lowest BCUT2D eigenvalue weighted by Crippen LogP contribution is -1.84. The van der Waals surface area contributed by atoms with Gasteiger partial charge in [-0.15, -0.1) is 0 Å². The third-order valence-corrected chi connectivity index (χ3v) is 1.96. The molecule has 0 amide bonds. The highest BCUT2D eigenvalue weighted by Crippen LogP contribution is 2.29. The standard InChI is InChI=1S/C7H14.C2H6/c1-6-3-4-7(2)5-6;1-2/h6-7H,3-5H2,1-2H3;1-2H3/t6-,7+;. The number of hydrogen-bond donors (Lipinski definition) is 0. The Hall–Kier alpha value is 0. The van der Waals surface area contributed by atoms with Gasteiger partial charge in [0, 0.05) is 0 Å². The summed E-state index contributed by atoms with van der Waals surface area (Å²) in [5.41, 5.74) is 0. The third-order valence-electron chi connectivity index (χ3n) is 1.96. The molecule has 0 heterocycles.